The van der Waals surface area contributed by atoms with Crippen molar-refractivity contribution in [2.45, 2.75) is 6.42 Å². The lowest BCUT2D eigenvalue weighted by molar-refractivity contribution is -0.115. The molecule has 4 nitrogen and oxygen atoms in total. The van der Waals surface area contributed by atoms with Crippen LogP contribution in [0, 0.1) is 11.6 Å². The molecule has 0 spiro atoms. The van der Waals surface area contributed by atoms with Gasteiger partial charge in [-0.2, -0.15) is 0 Å². The van der Waals surface area contributed by atoms with E-state index in [0.29, 0.717) is 11.4 Å². The van der Waals surface area contributed by atoms with Crippen molar-refractivity contribution in [3.63, 3.8) is 0 Å². The van der Waals surface area contributed by atoms with Crippen LogP contribution in [0.4, 0.5) is 20.2 Å². The third-order valence-corrected chi connectivity index (χ3v) is 2.98. The van der Waals surface area contributed by atoms with Gasteiger partial charge in [0.1, 0.15) is 5.75 Å². The molecule has 1 amide bonds. The highest BCUT2D eigenvalue weighted by Crippen LogP contribution is 2.35. The van der Waals surface area contributed by atoms with Crippen molar-refractivity contribution in [1.82, 2.24) is 0 Å². The zero-order valence-corrected chi connectivity index (χ0v) is 10.2. The van der Waals surface area contributed by atoms with Gasteiger partial charge in [0, 0.05) is 17.8 Å². The van der Waals surface area contributed by atoms with Crippen LogP contribution in [0.2, 0.25) is 0 Å². The Balaban J connectivity index is 1.93. The van der Waals surface area contributed by atoms with Crippen LogP contribution in [0.1, 0.15) is 5.56 Å². The predicted molar refractivity (Wildman–Crippen MR) is 69.6 cm³/mol. The molecule has 2 aromatic rings. The molecule has 1 heterocycles. The Morgan fingerprint density at radius 3 is 2.70 bits per heavy atom. The number of nitrogen functional groups attached to an aromatic ring is 1. The molecular formula is C14H10F2N2O2. The van der Waals surface area contributed by atoms with Gasteiger partial charge in [-0.25, -0.2) is 8.78 Å². The Bertz CT molecular complexity index is 717. The number of hydrogen-bond acceptors (Lipinski definition) is 3. The number of nitrogens with one attached hydrogen (secondary N) is 1. The minimum Gasteiger partial charge on any atom is -0.455 e. The first kappa shape index (κ1) is 12.4. The number of fused-ring (bicyclic) bond motifs is 1. The lowest BCUT2D eigenvalue weighted by Crippen LogP contribution is -2.03. The van der Waals surface area contributed by atoms with E-state index in [-0.39, 0.29) is 23.8 Å². The topological polar surface area (TPSA) is 64.3 Å². The average molecular weight is 276 g/mol. The number of carbonyl (C=O) groups excluding carboxylic acids is 1. The van der Waals surface area contributed by atoms with Crippen molar-refractivity contribution >= 4 is 17.3 Å². The molecule has 0 saturated carbocycles. The quantitative estimate of drug-likeness (QED) is 0.829. The number of halogens is 2. The molecule has 0 saturated heterocycles. The van der Waals surface area contributed by atoms with Crippen LogP contribution >= 0.6 is 0 Å². The number of carbonyl (C=O) groups is 1. The Labute approximate surface area is 113 Å². The summed E-state index contributed by atoms with van der Waals surface area (Å²) in [7, 11) is 0. The predicted octanol–water partition coefficient (Wildman–Crippen LogP) is 2.83. The molecule has 6 heteroatoms. The molecule has 0 bridgehead atoms. The summed E-state index contributed by atoms with van der Waals surface area (Å²) >= 11 is 0. The second kappa shape index (κ2) is 4.48. The average Bonchev–Trinajstić information content (AvgIpc) is 2.73. The monoisotopic (exact) mass is 276 g/mol. The molecule has 1 aliphatic heterocycles. The zero-order chi connectivity index (χ0) is 14.3. The second-order valence-corrected chi connectivity index (χ2v) is 4.45. The zero-order valence-electron chi connectivity index (χ0n) is 10.2. The van der Waals surface area contributed by atoms with Crippen LogP contribution < -0.4 is 15.8 Å². The van der Waals surface area contributed by atoms with Gasteiger partial charge in [0.2, 0.25) is 5.91 Å². The highest BCUT2D eigenvalue weighted by molar-refractivity contribution is 6.00. The summed E-state index contributed by atoms with van der Waals surface area (Å²) < 4.78 is 31.4. The number of rotatable bonds is 2. The highest BCUT2D eigenvalue weighted by atomic mass is 19.2. The number of anilines is 2. The fraction of sp³-hybridized carbons (Fsp3) is 0.0714. The third-order valence-electron chi connectivity index (χ3n) is 2.98. The van der Waals surface area contributed by atoms with E-state index >= 15 is 0 Å². The minimum atomic E-state index is -1.00. The molecule has 0 atom stereocenters. The van der Waals surface area contributed by atoms with Crippen LogP contribution in [-0.4, -0.2) is 5.91 Å². The van der Waals surface area contributed by atoms with Gasteiger partial charge >= 0.3 is 0 Å². The Morgan fingerprint density at radius 1 is 1.15 bits per heavy atom. The van der Waals surface area contributed by atoms with E-state index in [1.165, 1.54) is 6.07 Å². The summed E-state index contributed by atoms with van der Waals surface area (Å²) in [4.78, 5) is 11.3. The van der Waals surface area contributed by atoms with Crippen LogP contribution in [0.25, 0.3) is 0 Å². The van der Waals surface area contributed by atoms with E-state index in [0.717, 1.165) is 17.7 Å². The molecule has 0 aromatic heterocycles. The number of benzene rings is 2. The first-order valence-corrected chi connectivity index (χ1v) is 5.88. The van der Waals surface area contributed by atoms with E-state index in [9.17, 15) is 13.6 Å². The molecule has 0 aliphatic carbocycles. The first-order valence-electron chi connectivity index (χ1n) is 5.88. The normalized spacial score (nSPS) is 13.0. The number of hydrogen-bond donors (Lipinski definition) is 2. The van der Waals surface area contributed by atoms with Crippen molar-refractivity contribution < 1.29 is 18.3 Å². The summed E-state index contributed by atoms with van der Waals surface area (Å²) in [5.41, 5.74) is 7.54. The smallest absolute Gasteiger partial charge is 0.228 e. The molecule has 2 aromatic carbocycles. The van der Waals surface area contributed by atoms with Gasteiger partial charge in [-0.3, -0.25) is 4.79 Å². The maximum Gasteiger partial charge on any atom is 0.228 e. The van der Waals surface area contributed by atoms with Crippen molar-refractivity contribution in [2.24, 2.45) is 0 Å². The van der Waals surface area contributed by atoms with E-state index in [1.807, 2.05) is 0 Å². The van der Waals surface area contributed by atoms with E-state index < -0.39 is 11.6 Å². The van der Waals surface area contributed by atoms with Gasteiger partial charge in [-0.1, -0.05) is 0 Å². The van der Waals surface area contributed by atoms with Gasteiger partial charge < -0.3 is 15.8 Å². The summed E-state index contributed by atoms with van der Waals surface area (Å²) in [6, 6.07) is 6.39. The SMILES string of the molecule is Nc1cc2c(cc1Oc1ccc(F)c(F)c1)NC(=O)C2. The first-order chi connectivity index (χ1) is 9.52. The van der Waals surface area contributed by atoms with Crippen molar-refractivity contribution in [3.8, 4) is 11.5 Å². The van der Waals surface area contributed by atoms with Crippen LogP contribution in [0.3, 0.4) is 0 Å². The van der Waals surface area contributed by atoms with Gasteiger partial charge in [-0.05, 0) is 23.8 Å². The van der Waals surface area contributed by atoms with Crippen molar-refractivity contribution in [3.05, 3.63) is 47.5 Å². The second-order valence-electron chi connectivity index (χ2n) is 4.45. The summed E-state index contributed by atoms with van der Waals surface area (Å²) in [6.07, 6.45) is 0.269. The molecule has 0 radical (unpaired) electrons. The number of ether oxygens (including phenoxy) is 1. The highest BCUT2D eigenvalue weighted by Gasteiger charge is 2.20. The van der Waals surface area contributed by atoms with Crippen molar-refractivity contribution in [2.75, 3.05) is 11.1 Å². The van der Waals surface area contributed by atoms with Gasteiger partial charge in [0.15, 0.2) is 17.4 Å². The lowest BCUT2D eigenvalue weighted by Gasteiger charge is -2.10. The van der Waals surface area contributed by atoms with E-state index in [2.05, 4.69) is 5.32 Å². The Kier molecular flexibility index (Phi) is 2.78. The number of nitrogens with two attached hydrogens (primary N) is 1. The number of amides is 1. The van der Waals surface area contributed by atoms with Crippen LogP contribution in [-0.2, 0) is 11.2 Å². The molecule has 0 fully saturated rings. The standard InChI is InChI=1S/C14H10F2N2O2/c15-9-2-1-8(5-10(9)16)20-13-6-12-7(3-11(13)17)4-14(19)18-12/h1-3,5-6H,4,17H2,(H,18,19). The molecule has 3 rings (SSSR count). The van der Waals surface area contributed by atoms with Crippen LogP contribution in [0.15, 0.2) is 30.3 Å². The lowest BCUT2D eigenvalue weighted by atomic mass is 10.1. The summed E-state index contributed by atoms with van der Waals surface area (Å²) in [6.45, 7) is 0. The van der Waals surface area contributed by atoms with E-state index in [1.54, 1.807) is 12.1 Å². The Morgan fingerprint density at radius 2 is 1.95 bits per heavy atom. The fourth-order valence-corrected chi connectivity index (χ4v) is 2.03. The van der Waals surface area contributed by atoms with Gasteiger partial charge in [0.05, 0.1) is 12.1 Å². The van der Waals surface area contributed by atoms with Gasteiger partial charge in [-0.15, -0.1) is 0 Å². The summed E-state index contributed by atoms with van der Waals surface area (Å²) in [5.74, 6) is -1.68. The minimum absolute atomic E-state index is 0.121. The molecule has 1 aliphatic rings. The molecule has 0 unspecified atom stereocenters. The molecule has 3 N–H and O–H groups in total. The van der Waals surface area contributed by atoms with Crippen molar-refractivity contribution in [1.29, 1.82) is 0 Å². The van der Waals surface area contributed by atoms with Crippen LogP contribution in [0.5, 0.6) is 11.5 Å². The fourth-order valence-electron chi connectivity index (χ4n) is 2.03. The van der Waals surface area contributed by atoms with Gasteiger partial charge in [0.25, 0.3) is 0 Å². The third kappa shape index (κ3) is 2.16. The maximum atomic E-state index is 13.1. The molecular weight excluding hydrogens is 266 g/mol. The van der Waals surface area contributed by atoms with E-state index in [4.69, 9.17) is 10.5 Å². The molecule has 102 valence electrons. The largest absolute Gasteiger partial charge is 0.455 e. The Hall–Kier alpha value is -2.63. The molecule has 20 heavy (non-hydrogen) atoms. The summed E-state index contributed by atoms with van der Waals surface area (Å²) in [5, 5.41) is 2.66. The maximum absolute atomic E-state index is 13.1.